The van der Waals surface area contributed by atoms with E-state index in [9.17, 15) is 19.5 Å². The fourth-order valence-corrected chi connectivity index (χ4v) is 3.26. The standard InChI is InChI=1S/C15H9Cl2NO5S/c1-2-3-18-14(21)11(24-15(18)22)6-8-4-9(16)13(10(17)5-8)23-7-12(19)20/h1,4-6H,3,7H2,(H,19,20)/p-1/b11-6-. The van der Waals surface area contributed by atoms with Gasteiger partial charge in [0.2, 0.25) is 0 Å². The Morgan fingerprint density at radius 2 is 2.00 bits per heavy atom. The van der Waals surface area contributed by atoms with Crippen molar-refractivity contribution in [3.63, 3.8) is 0 Å². The maximum atomic E-state index is 12.1. The van der Waals surface area contributed by atoms with Crippen molar-refractivity contribution in [2.24, 2.45) is 0 Å². The third kappa shape index (κ3) is 4.03. The second-order valence-electron chi connectivity index (χ2n) is 4.45. The van der Waals surface area contributed by atoms with Gasteiger partial charge in [-0.3, -0.25) is 14.5 Å². The molecule has 1 fully saturated rings. The van der Waals surface area contributed by atoms with E-state index in [0.29, 0.717) is 5.56 Å². The number of nitrogens with zero attached hydrogens (tertiary/aromatic N) is 1. The largest absolute Gasteiger partial charge is 0.546 e. The van der Waals surface area contributed by atoms with Crippen LogP contribution in [0.5, 0.6) is 5.75 Å². The lowest BCUT2D eigenvalue weighted by Crippen LogP contribution is -2.29. The van der Waals surface area contributed by atoms with E-state index in [4.69, 9.17) is 34.4 Å². The Hall–Kier alpha value is -2.14. The molecule has 24 heavy (non-hydrogen) atoms. The molecule has 1 aromatic rings. The van der Waals surface area contributed by atoms with Gasteiger partial charge in [-0.1, -0.05) is 29.1 Å². The van der Waals surface area contributed by atoms with E-state index in [-0.39, 0.29) is 27.2 Å². The van der Waals surface area contributed by atoms with Crippen LogP contribution in [0.3, 0.4) is 0 Å². The number of ether oxygens (including phenoxy) is 1. The summed E-state index contributed by atoms with van der Waals surface area (Å²) in [6.45, 7) is -0.816. The van der Waals surface area contributed by atoms with Gasteiger partial charge < -0.3 is 14.6 Å². The molecule has 0 saturated carbocycles. The van der Waals surface area contributed by atoms with Crippen LogP contribution >= 0.6 is 35.0 Å². The van der Waals surface area contributed by atoms with Crippen molar-refractivity contribution in [2.75, 3.05) is 13.2 Å². The summed E-state index contributed by atoms with van der Waals surface area (Å²) in [6.07, 6.45) is 6.55. The van der Waals surface area contributed by atoms with Gasteiger partial charge in [-0.05, 0) is 35.5 Å². The summed E-state index contributed by atoms with van der Waals surface area (Å²) in [5.74, 6) is 0.292. The molecule has 0 N–H and O–H groups in total. The van der Waals surface area contributed by atoms with Crippen molar-refractivity contribution in [3.8, 4) is 18.1 Å². The maximum absolute atomic E-state index is 12.1. The zero-order valence-electron chi connectivity index (χ0n) is 11.9. The molecule has 1 aliphatic heterocycles. The smallest absolute Gasteiger partial charge is 0.294 e. The number of hydrogen-bond donors (Lipinski definition) is 0. The molecule has 2 rings (SSSR count). The Morgan fingerprint density at radius 1 is 1.38 bits per heavy atom. The molecule has 6 nitrogen and oxygen atoms in total. The highest BCUT2D eigenvalue weighted by molar-refractivity contribution is 8.18. The van der Waals surface area contributed by atoms with Crippen molar-refractivity contribution in [2.45, 2.75) is 0 Å². The van der Waals surface area contributed by atoms with Crippen molar-refractivity contribution >= 4 is 58.2 Å². The maximum Gasteiger partial charge on any atom is 0.294 e. The summed E-state index contributed by atoms with van der Waals surface area (Å²) >= 11 is 12.7. The number of aliphatic carboxylic acids is 1. The van der Waals surface area contributed by atoms with Crippen LogP contribution in [0.4, 0.5) is 4.79 Å². The van der Waals surface area contributed by atoms with Gasteiger partial charge in [-0.2, -0.15) is 0 Å². The molecule has 0 spiro atoms. The first-order valence-corrected chi connectivity index (χ1v) is 7.91. The fourth-order valence-electron chi connectivity index (χ4n) is 1.81. The molecular formula is C15H8Cl2NO5S-. The third-order valence-corrected chi connectivity index (χ3v) is 4.24. The van der Waals surface area contributed by atoms with Gasteiger partial charge in [0, 0.05) is 0 Å². The van der Waals surface area contributed by atoms with Gasteiger partial charge in [0.05, 0.1) is 27.5 Å². The van der Waals surface area contributed by atoms with E-state index < -0.39 is 23.7 Å². The van der Waals surface area contributed by atoms with Crippen LogP contribution in [0.1, 0.15) is 5.56 Å². The van der Waals surface area contributed by atoms with Crippen molar-refractivity contribution in [3.05, 3.63) is 32.6 Å². The molecule has 1 saturated heterocycles. The first-order valence-electron chi connectivity index (χ1n) is 6.34. The summed E-state index contributed by atoms with van der Waals surface area (Å²) < 4.78 is 4.94. The summed E-state index contributed by atoms with van der Waals surface area (Å²) in [5, 5.41) is 10.1. The monoisotopic (exact) mass is 384 g/mol. The molecule has 0 radical (unpaired) electrons. The van der Waals surface area contributed by atoms with Crippen LogP contribution in [0, 0.1) is 12.3 Å². The number of carbonyl (C=O) groups is 3. The van der Waals surface area contributed by atoms with Crippen LogP contribution < -0.4 is 9.84 Å². The highest BCUT2D eigenvalue weighted by Crippen LogP contribution is 2.37. The predicted molar refractivity (Wildman–Crippen MR) is 88.5 cm³/mol. The number of carboxylic acid groups (broad SMARTS) is 1. The van der Waals surface area contributed by atoms with Crippen molar-refractivity contribution < 1.29 is 24.2 Å². The number of amides is 2. The Bertz CT molecular complexity index is 777. The zero-order valence-corrected chi connectivity index (χ0v) is 14.2. The minimum atomic E-state index is -1.42. The average molecular weight is 385 g/mol. The lowest BCUT2D eigenvalue weighted by Gasteiger charge is -2.11. The highest BCUT2D eigenvalue weighted by atomic mass is 35.5. The SMILES string of the molecule is C#CCN1C(=O)S/C(=C\c2cc(Cl)c(OCC(=O)[O-])c(Cl)c2)C1=O. The van der Waals surface area contributed by atoms with E-state index in [1.807, 2.05) is 0 Å². The normalized spacial score (nSPS) is 15.7. The Kier molecular flexibility index (Phi) is 5.78. The molecule has 0 unspecified atom stereocenters. The molecule has 1 aliphatic rings. The van der Waals surface area contributed by atoms with Gasteiger partial charge in [-0.25, -0.2) is 0 Å². The molecule has 0 atom stereocenters. The number of rotatable bonds is 5. The van der Waals surface area contributed by atoms with E-state index in [2.05, 4.69) is 5.92 Å². The van der Waals surface area contributed by atoms with Gasteiger partial charge in [-0.15, -0.1) is 6.42 Å². The summed E-state index contributed by atoms with van der Waals surface area (Å²) in [7, 11) is 0. The Labute approximate surface area is 151 Å². The molecule has 0 aromatic heterocycles. The third-order valence-electron chi connectivity index (χ3n) is 2.78. The second-order valence-corrected chi connectivity index (χ2v) is 6.25. The van der Waals surface area contributed by atoms with Crippen molar-refractivity contribution in [1.82, 2.24) is 4.90 Å². The van der Waals surface area contributed by atoms with Crippen molar-refractivity contribution in [1.29, 1.82) is 0 Å². The summed E-state index contributed by atoms with van der Waals surface area (Å²) in [5.41, 5.74) is 0.442. The zero-order chi connectivity index (χ0) is 17.9. The molecule has 1 aromatic carbocycles. The summed E-state index contributed by atoms with van der Waals surface area (Å²) in [4.78, 5) is 35.3. The average Bonchev–Trinajstić information content (AvgIpc) is 2.74. The van der Waals surface area contributed by atoms with Gasteiger partial charge in [0.25, 0.3) is 11.1 Å². The number of carbonyl (C=O) groups excluding carboxylic acids is 3. The number of benzene rings is 1. The van der Waals surface area contributed by atoms with Crippen LogP contribution in [0.25, 0.3) is 6.08 Å². The molecule has 0 aliphatic carbocycles. The van der Waals surface area contributed by atoms with Gasteiger partial charge >= 0.3 is 0 Å². The molecular weight excluding hydrogens is 377 g/mol. The minimum absolute atomic E-state index is 0.0138. The van der Waals surface area contributed by atoms with Crippen LogP contribution in [0.15, 0.2) is 17.0 Å². The molecule has 2 amide bonds. The molecule has 1 heterocycles. The highest BCUT2D eigenvalue weighted by Gasteiger charge is 2.34. The number of halogens is 2. The summed E-state index contributed by atoms with van der Waals surface area (Å²) in [6, 6.07) is 2.85. The predicted octanol–water partition coefficient (Wildman–Crippen LogP) is 1.79. The fraction of sp³-hybridized carbons (Fsp3) is 0.133. The second kappa shape index (κ2) is 7.62. The Morgan fingerprint density at radius 3 is 2.54 bits per heavy atom. The van der Waals surface area contributed by atoms with Gasteiger partial charge in [0.1, 0.15) is 6.61 Å². The van der Waals surface area contributed by atoms with Gasteiger partial charge in [0.15, 0.2) is 5.75 Å². The first kappa shape index (κ1) is 18.2. The van der Waals surface area contributed by atoms with Crippen LogP contribution in [-0.4, -0.2) is 35.2 Å². The van der Waals surface area contributed by atoms with E-state index in [0.717, 1.165) is 16.7 Å². The lowest BCUT2D eigenvalue weighted by atomic mass is 10.2. The van der Waals surface area contributed by atoms with E-state index in [1.54, 1.807) is 0 Å². The first-order chi connectivity index (χ1) is 11.3. The number of thioether (sulfide) groups is 1. The number of hydrogen-bond acceptors (Lipinski definition) is 6. The molecule has 124 valence electrons. The minimum Gasteiger partial charge on any atom is -0.546 e. The number of imide groups is 1. The molecule has 0 bridgehead atoms. The number of carboxylic acids is 1. The quantitative estimate of drug-likeness (QED) is 0.568. The van der Waals surface area contributed by atoms with E-state index >= 15 is 0 Å². The topological polar surface area (TPSA) is 86.7 Å². The lowest BCUT2D eigenvalue weighted by molar-refractivity contribution is -0.307. The van der Waals surface area contributed by atoms with E-state index in [1.165, 1.54) is 18.2 Å². The van der Waals surface area contributed by atoms with Crippen LogP contribution in [0.2, 0.25) is 10.0 Å². The Balaban J connectivity index is 2.28. The number of terminal acetylenes is 1. The van der Waals surface area contributed by atoms with Crippen LogP contribution in [-0.2, 0) is 9.59 Å². The molecule has 9 heteroatoms.